The van der Waals surface area contributed by atoms with E-state index in [1.807, 2.05) is 0 Å². The van der Waals surface area contributed by atoms with Gasteiger partial charge >= 0.3 is 5.97 Å². The third-order valence-electron chi connectivity index (χ3n) is 5.36. The predicted molar refractivity (Wildman–Crippen MR) is 130 cm³/mol. The number of carbonyl (C=O) groups is 3. The van der Waals surface area contributed by atoms with Gasteiger partial charge < -0.3 is 25.8 Å². The molecule has 2 aromatic rings. The van der Waals surface area contributed by atoms with Crippen molar-refractivity contribution in [3.05, 3.63) is 59.7 Å². The Bertz CT molecular complexity index is 989. The lowest BCUT2D eigenvalue weighted by Crippen LogP contribution is -2.42. The molecular weight excluding hydrogens is 436 g/mol. The van der Waals surface area contributed by atoms with Crippen molar-refractivity contribution in [2.45, 2.75) is 45.1 Å². The van der Waals surface area contributed by atoms with Gasteiger partial charge in [-0.1, -0.05) is 31.2 Å². The molecule has 2 rings (SSSR count). The number of carboxylic acids is 1. The first-order valence-corrected chi connectivity index (χ1v) is 11.1. The van der Waals surface area contributed by atoms with Crippen LogP contribution in [0.15, 0.2) is 48.5 Å². The normalized spacial score (nSPS) is 11.4. The van der Waals surface area contributed by atoms with Crippen molar-refractivity contribution in [3.63, 3.8) is 0 Å². The van der Waals surface area contributed by atoms with Gasteiger partial charge in [0.2, 0.25) is 11.8 Å². The number of nitrogen functional groups attached to an aromatic ring is 1. The monoisotopic (exact) mass is 468 g/mol. The van der Waals surface area contributed by atoms with Gasteiger partial charge in [-0.25, -0.2) is 0 Å². The molecule has 9 nitrogen and oxygen atoms in total. The zero-order valence-electron chi connectivity index (χ0n) is 19.5. The number of rotatable bonds is 13. The van der Waals surface area contributed by atoms with Crippen LogP contribution in [0.25, 0.3) is 0 Å². The molecule has 2 aromatic carbocycles. The largest absolute Gasteiger partial charge is 0.497 e. The van der Waals surface area contributed by atoms with Crippen molar-refractivity contribution in [1.82, 2.24) is 5.32 Å². The number of hydrogen-bond donors (Lipinski definition) is 4. The highest BCUT2D eigenvalue weighted by molar-refractivity contribution is 5.95. The minimum atomic E-state index is -0.995. The van der Waals surface area contributed by atoms with Crippen molar-refractivity contribution >= 4 is 29.3 Å². The fraction of sp³-hybridized carbons (Fsp3) is 0.360. The second-order valence-electron chi connectivity index (χ2n) is 7.85. The van der Waals surface area contributed by atoms with Crippen molar-refractivity contribution in [3.8, 4) is 5.75 Å². The molecule has 0 bridgehead atoms. The summed E-state index contributed by atoms with van der Waals surface area (Å²) < 4.78 is 5.17. The molecular formula is C25H32N4O5. The van der Waals surface area contributed by atoms with E-state index in [0.29, 0.717) is 36.4 Å². The molecule has 0 heterocycles. The van der Waals surface area contributed by atoms with Gasteiger partial charge in [-0.05, 0) is 42.7 Å². The Morgan fingerprint density at radius 2 is 1.76 bits per heavy atom. The Balaban J connectivity index is 1.98. The average molecular weight is 469 g/mol. The molecule has 0 fully saturated rings. The van der Waals surface area contributed by atoms with E-state index in [1.165, 1.54) is 4.90 Å². The van der Waals surface area contributed by atoms with Gasteiger partial charge in [0.1, 0.15) is 11.6 Å². The molecule has 0 aliphatic heterocycles. The molecule has 0 saturated carbocycles. The molecule has 5 N–H and O–H groups in total. The molecule has 0 radical (unpaired) electrons. The second-order valence-corrected chi connectivity index (χ2v) is 7.85. The summed E-state index contributed by atoms with van der Waals surface area (Å²) in [5.41, 5.74) is 7.44. The molecule has 182 valence electrons. The maximum atomic E-state index is 12.7. The SMILES string of the molecule is CCC(=O)N(c1ccc(OC)cc1)[C@@H](CCCNC(=O)Cc1ccc(C(=N)N)cc1)CC(=O)O. The number of amides is 2. The number of carboxylic acid groups (broad SMARTS) is 1. The number of carbonyl (C=O) groups excluding carboxylic acids is 2. The van der Waals surface area contributed by atoms with Crippen molar-refractivity contribution in [1.29, 1.82) is 5.41 Å². The Morgan fingerprint density at radius 1 is 1.12 bits per heavy atom. The zero-order chi connectivity index (χ0) is 25.1. The van der Waals surface area contributed by atoms with E-state index in [1.54, 1.807) is 62.6 Å². The quantitative estimate of drug-likeness (QED) is 0.202. The number of benzene rings is 2. The second kappa shape index (κ2) is 13.0. The van der Waals surface area contributed by atoms with E-state index >= 15 is 0 Å². The fourth-order valence-electron chi connectivity index (χ4n) is 3.61. The van der Waals surface area contributed by atoms with E-state index < -0.39 is 12.0 Å². The molecule has 2 amide bonds. The number of methoxy groups -OCH3 is 1. The van der Waals surface area contributed by atoms with E-state index in [4.69, 9.17) is 15.9 Å². The number of nitrogens with zero attached hydrogens (tertiary/aromatic N) is 1. The van der Waals surface area contributed by atoms with Gasteiger partial charge in [0.25, 0.3) is 0 Å². The predicted octanol–water partition coefficient (Wildman–Crippen LogP) is 2.70. The molecule has 0 aliphatic carbocycles. The molecule has 0 spiro atoms. The minimum absolute atomic E-state index is 0.0304. The number of aliphatic carboxylic acids is 1. The van der Waals surface area contributed by atoms with Crippen molar-refractivity contribution in [2.24, 2.45) is 5.73 Å². The minimum Gasteiger partial charge on any atom is -0.497 e. The maximum absolute atomic E-state index is 12.7. The van der Waals surface area contributed by atoms with E-state index in [2.05, 4.69) is 5.32 Å². The van der Waals surface area contributed by atoms with Gasteiger partial charge in [-0.2, -0.15) is 0 Å². The highest BCUT2D eigenvalue weighted by atomic mass is 16.5. The number of anilines is 1. The first-order chi connectivity index (χ1) is 16.2. The summed E-state index contributed by atoms with van der Waals surface area (Å²) in [6, 6.07) is 13.3. The zero-order valence-corrected chi connectivity index (χ0v) is 19.5. The van der Waals surface area contributed by atoms with Crippen molar-refractivity contribution in [2.75, 3.05) is 18.6 Å². The van der Waals surface area contributed by atoms with E-state index in [0.717, 1.165) is 5.56 Å². The Kier molecular flexibility index (Phi) is 10.1. The summed E-state index contributed by atoms with van der Waals surface area (Å²) in [4.78, 5) is 38.0. The lowest BCUT2D eigenvalue weighted by atomic mass is 10.0. The van der Waals surface area contributed by atoms with Crippen LogP contribution in [0, 0.1) is 5.41 Å². The fourth-order valence-corrected chi connectivity index (χ4v) is 3.61. The number of amidine groups is 1. The first-order valence-electron chi connectivity index (χ1n) is 11.1. The number of hydrogen-bond acceptors (Lipinski definition) is 5. The topological polar surface area (TPSA) is 146 Å². The van der Waals surface area contributed by atoms with Crippen LogP contribution >= 0.6 is 0 Å². The smallest absolute Gasteiger partial charge is 0.305 e. The first kappa shape index (κ1) is 26.4. The van der Waals surface area contributed by atoms with Gasteiger partial charge in [0.05, 0.1) is 20.0 Å². The summed E-state index contributed by atoms with van der Waals surface area (Å²) >= 11 is 0. The maximum Gasteiger partial charge on any atom is 0.305 e. The van der Waals surface area contributed by atoms with Gasteiger partial charge in [-0.15, -0.1) is 0 Å². The summed E-state index contributed by atoms with van der Waals surface area (Å²) in [7, 11) is 1.55. The van der Waals surface area contributed by atoms with Crippen LogP contribution in [0.5, 0.6) is 5.75 Å². The van der Waals surface area contributed by atoms with Crippen LogP contribution in [0.4, 0.5) is 5.69 Å². The Morgan fingerprint density at radius 3 is 2.29 bits per heavy atom. The third kappa shape index (κ3) is 7.91. The van der Waals surface area contributed by atoms with Gasteiger partial charge in [0.15, 0.2) is 0 Å². The molecule has 9 heteroatoms. The number of nitrogens with two attached hydrogens (primary N) is 1. The summed E-state index contributed by atoms with van der Waals surface area (Å²) in [5.74, 6) is -0.722. The lowest BCUT2D eigenvalue weighted by Gasteiger charge is -2.31. The molecule has 0 unspecified atom stereocenters. The number of nitrogens with one attached hydrogen (secondary N) is 2. The molecule has 34 heavy (non-hydrogen) atoms. The molecule has 0 aromatic heterocycles. The summed E-state index contributed by atoms with van der Waals surface area (Å²) in [5, 5.41) is 19.7. The van der Waals surface area contributed by atoms with Gasteiger partial charge in [0, 0.05) is 30.3 Å². The molecule has 0 aliphatic rings. The van der Waals surface area contributed by atoms with Gasteiger partial charge in [-0.3, -0.25) is 19.8 Å². The van der Waals surface area contributed by atoms with Crippen LogP contribution < -0.4 is 20.7 Å². The average Bonchev–Trinajstić information content (AvgIpc) is 2.82. The highest BCUT2D eigenvalue weighted by Gasteiger charge is 2.26. The van der Waals surface area contributed by atoms with Crippen LogP contribution in [-0.2, 0) is 20.8 Å². The van der Waals surface area contributed by atoms with E-state index in [9.17, 15) is 19.5 Å². The summed E-state index contributed by atoms with van der Waals surface area (Å²) in [6.45, 7) is 2.09. The Hall–Kier alpha value is -3.88. The molecule has 1 atom stereocenters. The van der Waals surface area contributed by atoms with E-state index in [-0.39, 0.29) is 36.9 Å². The van der Waals surface area contributed by atoms with Crippen LogP contribution in [-0.4, -0.2) is 48.4 Å². The lowest BCUT2D eigenvalue weighted by molar-refractivity contribution is -0.137. The molecule has 0 saturated heterocycles. The number of ether oxygens (including phenoxy) is 1. The highest BCUT2D eigenvalue weighted by Crippen LogP contribution is 2.25. The third-order valence-corrected chi connectivity index (χ3v) is 5.36. The Labute approximate surface area is 199 Å². The van der Waals surface area contributed by atoms with Crippen LogP contribution in [0.1, 0.15) is 43.7 Å². The van der Waals surface area contributed by atoms with Crippen molar-refractivity contribution < 1.29 is 24.2 Å². The van der Waals surface area contributed by atoms with Crippen LogP contribution in [0.3, 0.4) is 0 Å². The van der Waals surface area contributed by atoms with Crippen LogP contribution in [0.2, 0.25) is 0 Å². The summed E-state index contributed by atoms with van der Waals surface area (Å²) in [6.07, 6.45) is 1.15. The standard InChI is InChI=1S/C25H32N4O5/c1-3-23(31)29(19-10-12-21(34-2)13-11-19)20(16-24(32)33)5-4-14-28-22(30)15-17-6-8-18(9-7-17)25(26)27/h6-13,20H,3-5,14-16H2,1-2H3,(H3,26,27)(H,28,30)(H,32,33)/t20-/m0/s1.